The summed E-state index contributed by atoms with van der Waals surface area (Å²) in [6.45, 7) is 6.41. The molecule has 0 aliphatic rings. The molecule has 0 aliphatic heterocycles. The predicted octanol–water partition coefficient (Wildman–Crippen LogP) is 5.27. The molecular weight excluding hydrogens is 435 g/mol. The number of nitrogens with one attached hydrogen (secondary N) is 1. The van der Waals surface area contributed by atoms with Gasteiger partial charge in [-0.05, 0) is 55.2 Å². The first kappa shape index (κ1) is 25.0. The Labute approximate surface area is 194 Å². The fraction of sp³-hybridized carbons (Fsp3) is 0.417. The van der Waals surface area contributed by atoms with Gasteiger partial charge in [0, 0.05) is 23.1 Å². The minimum atomic E-state index is -0.679. The van der Waals surface area contributed by atoms with Gasteiger partial charge in [-0.25, -0.2) is 0 Å². The molecule has 0 aliphatic carbocycles. The van der Waals surface area contributed by atoms with E-state index in [0.717, 1.165) is 19.3 Å². The molecule has 0 radical (unpaired) electrons. The van der Waals surface area contributed by atoms with Gasteiger partial charge >= 0.3 is 0 Å². The number of carbonyl (C=O) groups is 2. The summed E-state index contributed by atoms with van der Waals surface area (Å²) in [6.07, 6.45) is 2.79. The first-order chi connectivity index (χ1) is 14.8. The lowest BCUT2D eigenvalue weighted by molar-refractivity contribution is -0.142. The highest BCUT2D eigenvalue weighted by Gasteiger charge is 2.27. The largest absolute Gasteiger partial charge is 0.484 e. The van der Waals surface area contributed by atoms with Crippen LogP contribution in [0.4, 0.5) is 0 Å². The number of hydrogen-bond donors (Lipinski definition) is 1. The molecular formula is C24H30Cl2N2O3. The number of rotatable bonds is 11. The number of amides is 2. The van der Waals surface area contributed by atoms with Crippen LogP contribution in [0.5, 0.6) is 5.75 Å². The Morgan fingerprint density at radius 1 is 1.10 bits per heavy atom. The van der Waals surface area contributed by atoms with Crippen molar-refractivity contribution < 1.29 is 14.3 Å². The Kier molecular flexibility index (Phi) is 10.2. The van der Waals surface area contributed by atoms with Gasteiger partial charge in [-0.2, -0.15) is 0 Å². The summed E-state index contributed by atoms with van der Waals surface area (Å²) < 4.78 is 5.69. The Balaban J connectivity index is 2.14. The number of nitrogens with zero attached hydrogens (tertiary/aromatic N) is 1. The number of ether oxygens (including phenoxy) is 1. The Morgan fingerprint density at radius 3 is 2.42 bits per heavy atom. The van der Waals surface area contributed by atoms with Gasteiger partial charge in [-0.1, -0.05) is 61.7 Å². The highest BCUT2D eigenvalue weighted by atomic mass is 35.5. The van der Waals surface area contributed by atoms with Crippen molar-refractivity contribution in [2.75, 3.05) is 13.2 Å². The average molecular weight is 465 g/mol. The van der Waals surface area contributed by atoms with Gasteiger partial charge in [0.25, 0.3) is 5.91 Å². The van der Waals surface area contributed by atoms with E-state index in [-0.39, 0.29) is 25.0 Å². The van der Waals surface area contributed by atoms with Gasteiger partial charge in [-0.3, -0.25) is 9.59 Å². The van der Waals surface area contributed by atoms with Crippen LogP contribution in [0.2, 0.25) is 10.0 Å². The highest BCUT2D eigenvalue weighted by Crippen LogP contribution is 2.23. The molecule has 1 N–H and O–H groups in total. The van der Waals surface area contributed by atoms with E-state index in [1.54, 1.807) is 25.1 Å². The average Bonchev–Trinajstić information content (AvgIpc) is 2.77. The van der Waals surface area contributed by atoms with Gasteiger partial charge < -0.3 is 15.0 Å². The van der Waals surface area contributed by atoms with Gasteiger partial charge in [-0.15, -0.1) is 0 Å². The zero-order valence-electron chi connectivity index (χ0n) is 18.3. The molecule has 2 rings (SSSR count). The fourth-order valence-corrected chi connectivity index (χ4v) is 3.47. The number of benzene rings is 2. The van der Waals surface area contributed by atoms with Crippen LogP contribution < -0.4 is 10.1 Å². The second kappa shape index (κ2) is 12.6. The number of unbranched alkanes of at least 4 members (excludes halogenated alkanes) is 1. The van der Waals surface area contributed by atoms with E-state index < -0.39 is 6.04 Å². The minimum absolute atomic E-state index is 0.176. The Hall–Kier alpha value is -2.24. The first-order valence-electron chi connectivity index (χ1n) is 10.6. The van der Waals surface area contributed by atoms with Crippen LogP contribution in [0.15, 0.2) is 42.5 Å². The Morgan fingerprint density at radius 2 is 1.81 bits per heavy atom. The molecule has 0 bridgehead atoms. The lowest BCUT2D eigenvalue weighted by Gasteiger charge is -2.29. The lowest BCUT2D eigenvalue weighted by atomic mass is 10.1. The summed E-state index contributed by atoms with van der Waals surface area (Å²) >= 11 is 12.3. The molecule has 0 saturated carbocycles. The zero-order valence-corrected chi connectivity index (χ0v) is 19.8. The third-order valence-electron chi connectivity index (χ3n) is 5.05. The number of halogens is 2. The van der Waals surface area contributed by atoms with Crippen molar-refractivity contribution in [1.82, 2.24) is 10.2 Å². The van der Waals surface area contributed by atoms with E-state index in [2.05, 4.69) is 19.2 Å². The van der Waals surface area contributed by atoms with Crippen molar-refractivity contribution in [1.29, 1.82) is 0 Å². The molecule has 31 heavy (non-hydrogen) atoms. The first-order valence-corrected chi connectivity index (χ1v) is 11.3. The van der Waals surface area contributed by atoms with Crippen LogP contribution in [0.25, 0.3) is 0 Å². The SMILES string of the molecule is CCCCNC(=O)[C@@H](C)N(Cc1ccc(Cl)cc1Cl)C(=O)COc1ccc(CC)cc1. The maximum Gasteiger partial charge on any atom is 0.261 e. The summed E-state index contributed by atoms with van der Waals surface area (Å²) in [5.41, 5.74) is 1.90. The van der Waals surface area contributed by atoms with E-state index in [9.17, 15) is 9.59 Å². The molecule has 7 heteroatoms. The van der Waals surface area contributed by atoms with Crippen molar-refractivity contribution in [2.24, 2.45) is 0 Å². The molecule has 168 valence electrons. The van der Waals surface area contributed by atoms with Crippen molar-refractivity contribution in [3.8, 4) is 5.75 Å². The molecule has 2 amide bonds. The van der Waals surface area contributed by atoms with E-state index in [0.29, 0.717) is 27.9 Å². The molecule has 0 saturated heterocycles. The molecule has 0 spiro atoms. The lowest BCUT2D eigenvalue weighted by Crippen LogP contribution is -2.49. The minimum Gasteiger partial charge on any atom is -0.484 e. The summed E-state index contributed by atoms with van der Waals surface area (Å²) in [4.78, 5) is 27.2. The van der Waals surface area contributed by atoms with Crippen LogP contribution in [0.3, 0.4) is 0 Å². The molecule has 2 aromatic rings. The zero-order chi connectivity index (χ0) is 22.8. The number of aryl methyl sites for hydroxylation is 1. The normalized spacial score (nSPS) is 11.6. The standard InChI is InChI=1S/C24H30Cl2N2O3/c1-4-6-13-27-24(30)17(3)28(15-19-9-10-20(25)14-22(19)26)23(29)16-31-21-11-7-18(5-2)8-12-21/h7-12,14,17H,4-6,13,15-16H2,1-3H3,(H,27,30)/t17-/m1/s1. The maximum absolute atomic E-state index is 13.0. The maximum atomic E-state index is 13.0. The molecule has 0 fully saturated rings. The smallest absolute Gasteiger partial charge is 0.261 e. The van der Waals surface area contributed by atoms with Gasteiger partial charge in [0.05, 0.1) is 0 Å². The fourth-order valence-electron chi connectivity index (χ4n) is 3.00. The molecule has 1 atom stereocenters. The van der Waals surface area contributed by atoms with Crippen molar-refractivity contribution in [3.63, 3.8) is 0 Å². The summed E-state index contributed by atoms with van der Waals surface area (Å²) in [5.74, 6) is 0.0954. The molecule has 0 aromatic heterocycles. The van der Waals surface area contributed by atoms with Gasteiger partial charge in [0.15, 0.2) is 6.61 Å². The molecule has 5 nitrogen and oxygen atoms in total. The Bertz CT molecular complexity index is 872. The summed E-state index contributed by atoms with van der Waals surface area (Å²) in [6, 6.07) is 12.0. The van der Waals surface area contributed by atoms with Crippen molar-refractivity contribution in [2.45, 2.75) is 52.6 Å². The van der Waals surface area contributed by atoms with E-state index >= 15 is 0 Å². The highest BCUT2D eigenvalue weighted by molar-refractivity contribution is 6.35. The van der Waals surface area contributed by atoms with Crippen LogP contribution in [-0.4, -0.2) is 35.9 Å². The molecule has 2 aromatic carbocycles. The number of hydrogen-bond acceptors (Lipinski definition) is 3. The molecule has 0 unspecified atom stereocenters. The topological polar surface area (TPSA) is 58.6 Å². The predicted molar refractivity (Wildman–Crippen MR) is 126 cm³/mol. The third-order valence-corrected chi connectivity index (χ3v) is 5.63. The monoisotopic (exact) mass is 464 g/mol. The second-order valence-electron chi connectivity index (χ2n) is 7.36. The second-order valence-corrected chi connectivity index (χ2v) is 8.21. The van der Waals surface area contributed by atoms with Crippen LogP contribution in [-0.2, 0) is 22.6 Å². The van der Waals surface area contributed by atoms with Crippen LogP contribution >= 0.6 is 23.2 Å². The van der Waals surface area contributed by atoms with E-state index in [1.807, 2.05) is 24.3 Å². The van der Waals surface area contributed by atoms with Gasteiger partial charge in [0.1, 0.15) is 11.8 Å². The number of carbonyl (C=O) groups excluding carboxylic acids is 2. The van der Waals surface area contributed by atoms with Crippen molar-refractivity contribution >= 4 is 35.0 Å². The van der Waals surface area contributed by atoms with E-state index in [4.69, 9.17) is 27.9 Å². The van der Waals surface area contributed by atoms with Crippen LogP contribution in [0.1, 0.15) is 44.7 Å². The van der Waals surface area contributed by atoms with E-state index in [1.165, 1.54) is 10.5 Å². The van der Waals surface area contributed by atoms with Crippen molar-refractivity contribution in [3.05, 3.63) is 63.6 Å². The van der Waals surface area contributed by atoms with Gasteiger partial charge in [0.2, 0.25) is 5.91 Å². The quantitative estimate of drug-likeness (QED) is 0.460. The summed E-state index contributed by atoms with van der Waals surface area (Å²) in [5, 5.41) is 3.84. The molecule has 0 heterocycles. The summed E-state index contributed by atoms with van der Waals surface area (Å²) in [7, 11) is 0. The van der Waals surface area contributed by atoms with Crippen LogP contribution in [0, 0.1) is 0 Å². The third kappa shape index (κ3) is 7.75.